The molecule has 136 valence electrons. The smallest absolute Gasteiger partial charge is 0.292 e. The minimum Gasteiger partial charge on any atom is -0.376 e. The van der Waals surface area contributed by atoms with Crippen LogP contribution >= 0.6 is 11.6 Å². The van der Waals surface area contributed by atoms with Crippen LogP contribution in [-0.4, -0.2) is 14.9 Å². The van der Waals surface area contributed by atoms with Crippen LogP contribution in [0.5, 0.6) is 0 Å². The summed E-state index contributed by atoms with van der Waals surface area (Å²) in [5.41, 5.74) is 0.919. The molecule has 2 heterocycles. The normalized spacial score (nSPS) is 12.2. The molecule has 1 unspecified atom stereocenters. The molecule has 0 aliphatic heterocycles. The van der Waals surface area contributed by atoms with E-state index in [0.29, 0.717) is 17.5 Å². The molecule has 0 aliphatic rings. The minimum absolute atomic E-state index is 0.165. The van der Waals surface area contributed by atoms with Crippen molar-refractivity contribution in [2.75, 3.05) is 5.32 Å². The van der Waals surface area contributed by atoms with Crippen molar-refractivity contribution >= 4 is 17.3 Å². The molecule has 26 heavy (non-hydrogen) atoms. The summed E-state index contributed by atoms with van der Waals surface area (Å²) in [6.45, 7) is 5.44. The van der Waals surface area contributed by atoms with E-state index in [9.17, 15) is 13.6 Å². The zero-order valence-electron chi connectivity index (χ0n) is 14.2. The lowest BCUT2D eigenvalue weighted by atomic mass is 10.1. The Morgan fingerprint density at radius 1 is 1.31 bits per heavy atom. The lowest BCUT2D eigenvalue weighted by Crippen LogP contribution is -2.24. The molecule has 0 bridgehead atoms. The molecule has 6 nitrogen and oxygen atoms in total. The van der Waals surface area contributed by atoms with Crippen molar-refractivity contribution in [3.05, 3.63) is 68.4 Å². The highest BCUT2D eigenvalue weighted by atomic mass is 35.5. The van der Waals surface area contributed by atoms with Gasteiger partial charge in [-0.1, -0.05) is 16.8 Å². The lowest BCUT2D eigenvalue weighted by molar-refractivity contribution is 0.392. The lowest BCUT2D eigenvalue weighted by Gasteiger charge is -2.16. The highest BCUT2D eigenvalue weighted by molar-refractivity contribution is 6.33. The van der Waals surface area contributed by atoms with Gasteiger partial charge in [-0.15, -0.1) is 0 Å². The summed E-state index contributed by atoms with van der Waals surface area (Å²) in [5.74, 6) is -1.02. The Hall–Kier alpha value is -2.74. The molecule has 9 heteroatoms. The van der Waals surface area contributed by atoms with Gasteiger partial charge in [0.1, 0.15) is 22.3 Å². The molecular formula is C17H15ClF2N4O2. The predicted octanol–water partition coefficient (Wildman–Crippen LogP) is 3.94. The fourth-order valence-electron chi connectivity index (χ4n) is 2.77. The summed E-state index contributed by atoms with van der Waals surface area (Å²) in [5, 5.41) is 10.7. The first-order valence-electron chi connectivity index (χ1n) is 7.72. The maximum absolute atomic E-state index is 13.9. The molecule has 0 radical (unpaired) electrons. The number of aryl methyl sites for hydroxylation is 2. The molecular weight excluding hydrogens is 366 g/mol. The Morgan fingerprint density at radius 3 is 2.65 bits per heavy atom. The van der Waals surface area contributed by atoms with Gasteiger partial charge in [0.2, 0.25) is 0 Å². The molecule has 0 saturated carbocycles. The number of rotatable bonds is 4. The Bertz CT molecular complexity index is 1010. The molecule has 0 saturated heterocycles. The molecule has 1 N–H and O–H groups in total. The number of nitrogens with one attached hydrogen (secondary N) is 1. The summed E-state index contributed by atoms with van der Waals surface area (Å²) >= 11 is 6.15. The SMILES string of the molecule is Cc1noc(C)c1C(C)Nc1cnn(-c2ccc(F)cc2F)c(=O)c1Cl. The summed E-state index contributed by atoms with van der Waals surface area (Å²) in [6.07, 6.45) is 1.31. The third-order valence-corrected chi connectivity index (χ3v) is 4.32. The predicted molar refractivity (Wildman–Crippen MR) is 92.8 cm³/mol. The van der Waals surface area contributed by atoms with Crippen molar-refractivity contribution < 1.29 is 13.3 Å². The van der Waals surface area contributed by atoms with Gasteiger partial charge in [-0.05, 0) is 32.9 Å². The van der Waals surface area contributed by atoms with E-state index in [4.69, 9.17) is 16.1 Å². The summed E-state index contributed by atoms with van der Waals surface area (Å²) in [4.78, 5) is 12.5. The van der Waals surface area contributed by atoms with Crippen LogP contribution in [0.1, 0.15) is 30.0 Å². The standard InChI is InChI=1S/C17H15ClF2N4O2/c1-8(15-9(2)23-26-10(15)3)22-13-7-21-24(17(25)16(13)18)14-5-4-11(19)6-12(14)20/h4-8,22H,1-3H3. The number of benzene rings is 1. The van der Waals surface area contributed by atoms with Gasteiger partial charge in [-0.2, -0.15) is 9.78 Å². The minimum atomic E-state index is -0.916. The van der Waals surface area contributed by atoms with Gasteiger partial charge in [-0.25, -0.2) is 8.78 Å². The van der Waals surface area contributed by atoms with E-state index in [-0.39, 0.29) is 22.4 Å². The van der Waals surface area contributed by atoms with Gasteiger partial charge in [0.15, 0.2) is 5.82 Å². The third-order valence-electron chi connectivity index (χ3n) is 3.95. The zero-order chi connectivity index (χ0) is 19.0. The van der Waals surface area contributed by atoms with Crippen LogP contribution in [0.4, 0.5) is 14.5 Å². The number of aromatic nitrogens is 3. The van der Waals surface area contributed by atoms with Crippen LogP contribution in [0.25, 0.3) is 5.69 Å². The monoisotopic (exact) mass is 380 g/mol. The van der Waals surface area contributed by atoms with E-state index in [1.165, 1.54) is 6.20 Å². The van der Waals surface area contributed by atoms with Crippen molar-refractivity contribution in [1.29, 1.82) is 0 Å². The van der Waals surface area contributed by atoms with E-state index < -0.39 is 17.2 Å². The van der Waals surface area contributed by atoms with Gasteiger partial charge in [0.05, 0.1) is 23.6 Å². The number of nitrogens with zero attached hydrogens (tertiary/aromatic N) is 3. The van der Waals surface area contributed by atoms with Crippen molar-refractivity contribution in [3.63, 3.8) is 0 Å². The Morgan fingerprint density at radius 2 is 2.04 bits per heavy atom. The van der Waals surface area contributed by atoms with Crippen molar-refractivity contribution in [3.8, 4) is 5.69 Å². The van der Waals surface area contributed by atoms with E-state index in [2.05, 4.69) is 15.6 Å². The number of hydrogen-bond acceptors (Lipinski definition) is 5. The number of anilines is 1. The van der Waals surface area contributed by atoms with Crippen LogP contribution in [0.2, 0.25) is 5.02 Å². The first kappa shape index (κ1) is 18.1. The largest absolute Gasteiger partial charge is 0.376 e. The van der Waals surface area contributed by atoms with Crippen LogP contribution < -0.4 is 10.9 Å². The average molecular weight is 381 g/mol. The van der Waals surface area contributed by atoms with Crippen LogP contribution in [0.3, 0.4) is 0 Å². The molecule has 3 aromatic rings. The maximum Gasteiger partial charge on any atom is 0.292 e. The molecule has 0 aliphatic carbocycles. The topological polar surface area (TPSA) is 73.0 Å². The van der Waals surface area contributed by atoms with E-state index in [0.717, 1.165) is 22.4 Å². The quantitative estimate of drug-likeness (QED) is 0.742. The highest BCUT2D eigenvalue weighted by Gasteiger charge is 2.19. The zero-order valence-corrected chi connectivity index (χ0v) is 14.9. The van der Waals surface area contributed by atoms with Crippen molar-refractivity contribution in [1.82, 2.24) is 14.9 Å². The first-order valence-corrected chi connectivity index (χ1v) is 8.10. The van der Waals surface area contributed by atoms with Gasteiger partial charge in [-0.3, -0.25) is 4.79 Å². The second-order valence-electron chi connectivity index (χ2n) is 5.79. The van der Waals surface area contributed by atoms with Gasteiger partial charge >= 0.3 is 0 Å². The second-order valence-corrected chi connectivity index (χ2v) is 6.17. The van der Waals surface area contributed by atoms with Gasteiger partial charge < -0.3 is 9.84 Å². The number of hydrogen-bond donors (Lipinski definition) is 1. The fourth-order valence-corrected chi connectivity index (χ4v) is 2.96. The van der Waals surface area contributed by atoms with Crippen molar-refractivity contribution in [2.45, 2.75) is 26.8 Å². The Kier molecular flexibility index (Phi) is 4.78. The molecule has 3 rings (SSSR count). The fraction of sp³-hybridized carbons (Fsp3) is 0.235. The average Bonchev–Trinajstić information content (AvgIpc) is 2.92. The van der Waals surface area contributed by atoms with Crippen LogP contribution in [0.15, 0.2) is 33.7 Å². The molecule has 1 aromatic carbocycles. The van der Waals surface area contributed by atoms with E-state index in [1.54, 1.807) is 13.8 Å². The molecule has 1 atom stereocenters. The summed E-state index contributed by atoms with van der Waals surface area (Å²) in [6, 6.07) is 2.57. The van der Waals surface area contributed by atoms with Crippen LogP contribution in [0, 0.1) is 25.5 Å². The van der Waals surface area contributed by atoms with Gasteiger partial charge in [0.25, 0.3) is 5.56 Å². The molecule has 0 spiro atoms. The summed E-state index contributed by atoms with van der Waals surface area (Å²) < 4.78 is 32.9. The van der Waals surface area contributed by atoms with Gasteiger partial charge in [0, 0.05) is 11.6 Å². The molecule has 0 fully saturated rings. The van der Waals surface area contributed by atoms with E-state index in [1.807, 2.05) is 6.92 Å². The first-order chi connectivity index (χ1) is 12.3. The molecule has 0 amide bonds. The van der Waals surface area contributed by atoms with Crippen molar-refractivity contribution in [2.24, 2.45) is 0 Å². The maximum atomic E-state index is 13.9. The highest BCUT2D eigenvalue weighted by Crippen LogP contribution is 2.27. The van der Waals surface area contributed by atoms with Crippen LogP contribution in [-0.2, 0) is 0 Å². The summed E-state index contributed by atoms with van der Waals surface area (Å²) in [7, 11) is 0. The second kappa shape index (κ2) is 6.87. The molecule has 2 aromatic heterocycles. The Balaban J connectivity index is 1.97. The third kappa shape index (κ3) is 3.20. The number of halogens is 3. The Labute approximate surface area is 152 Å². The van der Waals surface area contributed by atoms with E-state index >= 15 is 0 Å².